The van der Waals surface area contributed by atoms with Gasteiger partial charge in [0.25, 0.3) is 5.91 Å². The van der Waals surface area contributed by atoms with Crippen LogP contribution in [0.5, 0.6) is 0 Å². The molecule has 2 atom stereocenters. The van der Waals surface area contributed by atoms with E-state index in [2.05, 4.69) is 15.5 Å². The fourth-order valence-electron chi connectivity index (χ4n) is 3.17. The Morgan fingerprint density at radius 2 is 2.33 bits per heavy atom. The third-order valence-corrected chi connectivity index (χ3v) is 4.47. The van der Waals surface area contributed by atoms with Crippen LogP contribution in [0.3, 0.4) is 0 Å². The second-order valence-corrected chi connectivity index (χ2v) is 6.30. The molecule has 3 rings (SSSR count). The van der Waals surface area contributed by atoms with Crippen molar-refractivity contribution in [2.45, 2.75) is 31.5 Å². The summed E-state index contributed by atoms with van der Waals surface area (Å²) in [5.41, 5.74) is 0.00810. The smallest absolute Gasteiger partial charge is 0.253 e. The predicted octanol–water partition coefficient (Wildman–Crippen LogP) is 0.00290. The molecule has 2 fully saturated rings. The van der Waals surface area contributed by atoms with Crippen LogP contribution in [0.1, 0.15) is 30.1 Å². The van der Waals surface area contributed by atoms with Gasteiger partial charge in [-0.2, -0.15) is 10.2 Å². The number of rotatable bonds is 3. The number of carbonyl (C=O) groups excluding carboxylic acids is 2. The first-order chi connectivity index (χ1) is 11.6. The van der Waals surface area contributed by atoms with Crippen molar-refractivity contribution in [1.82, 2.24) is 20.4 Å². The summed E-state index contributed by atoms with van der Waals surface area (Å²) < 4.78 is 11.8. The van der Waals surface area contributed by atoms with Crippen LogP contribution >= 0.6 is 0 Å². The van der Waals surface area contributed by atoms with Crippen molar-refractivity contribution >= 4 is 11.8 Å². The van der Waals surface area contributed by atoms with E-state index in [4.69, 9.17) is 9.47 Å². The van der Waals surface area contributed by atoms with Gasteiger partial charge in [0.1, 0.15) is 5.60 Å². The van der Waals surface area contributed by atoms with Crippen LogP contribution in [0.25, 0.3) is 0 Å². The number of aromatic nitrogens is 2. The highest BCUT2D eigenvalue weighted by Gasteiger charge is 2.43. The molecule has 0 aliphatic carbocycles. The molecule has 8 nitrogen and oxygen atoms in total. The van der Waals surface area contributed by atoms with E-state index in [9.17, 15) is 9.59 Å². The summed E-state index contributed by atoms with van der Waals surface area (Å²) >= 11 is 0. The lowest BCUT2D eigenvalue weighted by Gasteiger charge is -2.31. The molecule has 2 saturated heterocycles. The maximum absolute atomic E-state index is 12.1. The summed E-state index contributed by atoms with van der Waals surface area (Å²) in [7, 11) is 0. The van der Waals surface area contributed by atoms with Gasteiger partial charge in [-0.05, 0) is 18.9 Å². The zero-order valence-corrected chi connectivity index (χ0v) is 13.7. The molecule has 8 heteroatoms. The number of ether oxygens (including phenoxy) is 2. The van der Waals surface area contributed by atoms with Gasteiger partial charge in [0.15, 0.2) is 0 Å². The van der Waals surface area contributed by atoms with Crippen LogP contribution < -0.4 is 5.32 Å². The van der Waals surface area contributed by atoms with E-state index < -0.39 is 5.60 Å². The number of hydrogen-bond acceptors (Lipinski definition) is 6. The number of carbonyl (C=O) groups is 2. The van der Waals surface area contributed by atoms with E-state index in [1.54, 1.807) is 17.9 Å². The molecule has 1 N–H and O–H groups in total. The molecule has 1 aromatic rings. The standard InChI is InChI=1S/C16H22N4O4/c1-12(21)20-6-7-23-11-16(10-20)4-2-14(24-16)9-17-15(22)13-3-5-18-19-8-13/h3,5,8,14H,2,4,6-7,9-11H2,1H3,(H,17,22)/t14-,16+/m0/s1. The molecular formula is C16H22N4O4. The molecule has 1 spiro atoms. The lowest BCUT2D eigenvalue weighted by atomic mass is 10.00. The molecule has 0 saturated carbocycles. The highest BCUT2D eigenvalue weighted by atomic mass is 16.6. The first kappa shape index (κ1) is 16.8. The van der Waals surface area contributed by atoms with Crippen LogP contribution in [0.15, 0.2) is 18.5 Å². The van der Waals surface area contributed by atoms with Gasteiger partial charge in [-0.1, -0.05) is 0 Å². The summed E-state index contributed by atoms with van der Waals surface area (Å²) in [6, 6.07) is 1.61. The molecule has 3 heterocycles. The van der Waals surface area contributed by atoms with Gasteiger partial charge < -0.3 is 19.7 Å². The maximum Gasteiger partial charge on any atom is 0.253 e. The normalized spacial score (nSPS) is 27.0. The summed E-state index contributed by atoms with van der Waals surface area (Å²) in [5, 5.41) is 10.2. The molecule has 24 heavy (non-hydrogen) atoms. The summed E-state index contributed by atoms with van der Waals surface area (Å²) in [6.45, 7) is 4.13. The molecule has 130 valence electrons. The molecule has 0 aromatic carbocycles. The fourth-order valence-corrected chi connectivity index (χ4v) is 3.17. The minimum absolute atomic E-state index is 0.0328. The Balaban J connectivity index is 1.55. The van der Waals surface area contributed by atoms with Crippen molar-refractivity contribution in [2.75, 3.05) is 32.8 Å². The van der Waals surface area contributed by atoms with Crippen LogP contribution in [-0.4, -0.2) is 71.5 Å². The summed E-state index contributed by atoms with van der Waals surface area (Å²) in [4.78, 5) is 25.5. The zero-order valence-electron chi connectivity index (χ0n) is 13.7. The largest absolute Gasteiger partial charge is 0.377 e. The topological polar surface area (TPSA) is 93.7 Å². The number of hydrogen-bond donors (Lipinski definition) is 1. The van der Waals surface area contributed by atoms with Crippen LogP contribution in [0.2, 0.25) is 0 Å². The highest BCUT2D eigenvalue weighted by Crippen LogP contribution is 2.32. The second-order valence-electron chi connectivity index (χ2n) is 6.30. The van der Waals surface area contributed by atoms with E-state index in [1.807, 2.05) is 0 Å². The molecule has 2 aliphatic rings. The fraction of sp³-hybridized carbons (Fsp3) is 0.625. The SMILES string of the molecule is CC(=O)N1CCOC[C@@]2(CC[C@@H](CNC(=O)c3ccnnc3)O2)C1. The second kappa shape index (κ2) is 7.23. The summed E-state index contributed by atoms with van der Waals surface area (Å²) in [5.74, 6) is -0.164. The van der Waals surface area contributed by atoms with Crippen molar-refractivity contribution in [3.05, 3.63) is 24.0 Å². The molecule has 1 aromatic heterocycles. The Morgan fingerprint density at radius 1 is 1.46 bits per heavy atom. The summed E-state index contributed by atoms with van der Waals surface area (Å²) in [6.07, 6.45) is 4.46. The average molecular weight is 334 g/mol. The Hall–Kier alpha value is -2.06. The van der Waals surface area contributed by atoms with E-state index in [-0.39, 0.29) is 17.9 Å². The maximum atomic E-state index is 12.1. The lowest BCUT2D eigenvalue weighted by Crippen LogP contribution is -2.46. The number of nitrogens with zero attached hydrogens (tertiary/aromatic N) is 3. The lowest BCUT2D eigenvalue weighted by molar-refractivity contribution is -0.133. The van der Waals surface area contributed by atoms with Gasteiger partial charge in [-0.15, -0.1) is 0 Å². The van der Waals surface area contributed by atoms with Gasteiger partial charge >= 0.3 is 0 Å². The van der Waals surface area contributed by atoms with Crippen molar-refractivity contribution in [3.8, 4) is 0 Å². The molecule has 2 amide bonds. The van der Waals surface area contributed by atoms with Crippen molar-refractivity contribution in [3.63, 3.8) is 0 Å². The van der Waals surface area contributed by atoms with E-state index in [0.29, 0.717) is 38.4 Å². The molecule has 0 radical (unpaired) electrons. The first-order valence-corrected chi connectivity index (χ1v) is 8.14. The molecular weight excluding hydrogens is 312 g/mol. The van der Waals surface area contributed by atoms with E-state index >= 15 is 0 Å². The minimum Gasteiger partial charge on any atom is -0.377 e. The molecule has 0 bridgehead atoms. The van der Waals surface area contributed by atoms with Crippen LogP contribution in [0, 0.1) is 0 Å². The highest BCUT2D eigenvalue weighted by molar-refractivity contribution is 5.93. The van der Waals surface area contributed by atoms with E-state index in [1.165, 1.54) is 12.4 Å². The Bertz CT molecular complexity index is 597. The van der Waals surface area contributed by atoms with Gasteiger partial charge in [0.05, 0.1) is 43.8 Å². The van der Waals surface area contributed by atoms with E-state index in [0.717, 1.165) is 12.8 Å². The van der Waals surface area contributed by atoms with Crippen molar-refractivity contribution in [1.29, 1.82) is 0 Å². The molecule has 2 aliphatic heterocycles. The molecule has 0 unspecified atom stereocenters. The van der Waals surface area contributed by atoms with Gasteiger partial charge in [0.2, 0.25) is 5.91 Å². The number of amides is 2. The Labute approximate surface area is 140 Å². The number of nitrogens with one attached hydrogen (secondary N) is 1. The quantitative estimate of drug-likeness (QED) is 0.836. The first-order valence-electron chi connectivity index (χ1n) is 8.14. The van der Waals surface area contributed by atoms with Gasteiger partial charge in [-0.3, -0.25) is 9.59 Å². The van der Waals surface area contributed by atoms with Crippen LogP contribution in [-0.2, 0) is 14.3 Å². The minimum atomic E-state index is -0.463. The van der Waals surface area contributed by atoms with Gasteiger partial charge in [0, 0.05) is 20.0 Å². The third-order valence-electron chi connectivity index (χ3n) is 4.47. The Kier molecular flexibility index (Phi) is 5.06. The monoisotopic (exact) mass is 334 g/mol. The van der Waals surface area contributed by atoms with Crippen LogP contribution in [0.4, 0.5) is 0 Å². The average Bonchev–Trinajstić information content (AvgIpc) is 2.86. The van der Waals surface area contributed by atoms with Crippen molar-refractivity contribution in [2.24, 2.45) is 0 Å². The Morgan fingerprint density at radius 3 is 3.08 bits per heavy atom. The zero-order chi connectivity index (χ0) is 17.0. The third kappa shape index (κ3) is 3.88. The van der Waals surface area contributed by atoms with Crippen molar-refractivity contribution < 1.29 is 19.1 Å². The van der Waals surface area contributed by atoms with Gasteiger partial charge in [-0.25, -0.2) is 0 Å². The predicted molar refractivity (Wildman–Crippen MR) is 84.3 cm³/mol.